The quantitative estimate of drug-likeness (QED) is 0.427. The van der Waals surface area contributed by atoms with Crippen molar-refractivity contribution in [2.75, 3.05) is 5.32 Å². The number of thiophene rings is 1. The number of hydrogen-bond donors (Lipinski definition) is 1. The smallest absolute Gasteiger partial charge is 0.350 e. The van der Waals surface area contributed by atoms with Gasteiger partial charge >= 0.3 is 11.9 Å². The maximum atomic E-state index is 11.9. The first-order valence-electron chi connectivity index (χ1n) is 7.79. The minimum absolute atomic E-state index is 0.205. The molecular formula is C18H14N2O5S. The second-order valence-electron chi connectivity index (χ2n) is 6.06. The fourth-order valence-corrected chi connectivity index (χ4v) is 3.11. The lowest BCUT2D eigenvalue weighted by Gasteiger charge is -2.29. The van der Waals surface area contributed by atoms with E-state index >= 15 is 0 Å². The van der Waals surface area contributed by atoms with Crippen molar-refractivity contribution in [1.29, 1.82) is 0 Å². The standard InChI is InChI=1S/C18H14N2O5S/c1-18(2)24-16(21)11(17(22)25-18)9-19-10-5-6-13-12(8-10)20-15(23-13)14-4-3-7-26-14/h3-9,19H,1-2H3. The zero-order valence-electron chi connectivity index (χ0n) is 13.9. The van der Waals surface area contributed by atoms with Crippen molar-refractivity contribution < 1.29 is 23.5 Å². The van der Waals surface area contributed by atoms with Gasteiger partial charge in [0.2, 0.25) is 5.89 Å². The molecular weight excluding hydrogens is 356 g/mol. The molecule has 0 radical (unpaired) electrons. The summed E-state index contributed by atoms with van der Waals surface area (Å²) in [6.45, 7) is 2.99. The van der Waals surface area contributed by atoms with E-state index in [1.807, 2.05) is 17.5 Å². The van der Waals surface area contributed by atoms with Crippen LogP contribution in [0, 0.1) is 0 Å². The van der Waals surface area contributed by atoms with Crippen LogP contribution in [0.4, 0.5) is 5.69 Å². The highest BCUT2D eigenvalue weighted by atomic mass is 32.1. The van der Waals surface area contributed by atoms with E-state index in [9.17, 15) is 9.59 Å². The molecule has 132 valence electrons. The second-order valence-corrected chi connectivity index (χ2v) is 7.01. The van der Waals surface area contributed by atoms with Crippen LogP contribution >= 0.6 is 11.3 Å². The highest BCUT2D eigenvalue weighted by Gasteiger charge is 2.38. The van der Waals surface area contributed by atoms with E-state index in [-0.39, 0.29) is 5.57 Å². The van der Waals surface area contributed by atoms with Crippen LogP contribution in [0.25, 0.3) is 21.9 Å². The van der Waals surface area contributed by atoms with Crippen molar-refractivity contribution in [2.24, 2.45) is 0 Å². The molecule has 4 rings (SSSR count). The number of rotatable bonds is 3. The topological polar surface area (TPSA) is 90.7 Å². The molecule has 1 saturated heterocycles. The van der Waals surface area contributed by atoms with Crippen LogP contribution in [0.1, 0.15) is 13.8 Å². The molecule has 7 nitrogen and oxygen atoms in total. The van der Waals surface area contributed by atoms with Crippen LogP contribution < -0.4 is 5.32 Å². The van der Waals surface area contributed by atoms with Gasteiger partial charge in [0.05, 0.1) is 4.88 Å². The number of esters is 2. The molecule has 1 fully saturated rings. The molecule has 0 bridgehead atoms. The highest BCUT2D eigenvalue weighted by molar-refractivity contribution is 7.13. The molecule has 1 N–H and O–H groups in total. The van der Waals surface area contributed by atoms with Gasteiger partial charge in [0, 0.05) is 25.7 Å². The summed E-state index contributed by atoms with van der Waals surface area (Å²) in [7, 11) is 0. The van der Waals surface area contributed by atoms with Crippen molar-refractivity contribution in [3.63, 3.8) is 0 Å². The maximum absolute atomic E-state index is 11.9. The van der Waals surface area contributed by atoms with Gasteiger partial charge in [0.15, 0.2) is 11.2 Å². The van der Waals surface area contributed by atoms with Gasteiger partial charge in [-0.25, -0.2) is 14.6 Å². The molecule has 2 aromatic heterocycles. The minimum atomic E-state index is -1.26. The van der Waals surface area contributed by atoms with E-state index < -0.39 is 17.7 Å². The lowest BCUT2D eigenvalue weighted by Crippen LogP contribution is -2.42. The molecule has 1 aliphatic rings. The Labute approximate surface area is 152 Å². The number of anilines is 1. The molecule has 0 amide bonds. The Balaban J connectivity index is 1.58. The summed E-state index contributed by atoms with van der Waals surface area (Å²) in [5.74, 6) is -2.18. The van der Waals surface area contributed by atoms with Crippen molar-refractivity contribution in [1.82, 2.24) is 4.98 Å². The second kappa shape index (κ2) is 5.99. The number of benzene rings is 1. The van der Waals surface area contributed by atoms with Crippen molar-refractivity contribution in [3.05, 3.63) is 47.5 Å². The third-order valence-corrected chi connectivity index (χ3v) is 4.48. The average Bonchev–Trinajstić information content (AvgIpc) is 3.21. The molecule has 0 unspecified atom stereocenters. The number of fused-ring (bicyclic) bond motifs is 1. The van der Waals surface area contributed by atoms with Crippen LogP contribution in [0.15, 0.2) is 51.9 Å². The van der Waals surface area contributed by atoms with Gasteiger partial charge in [-0.05, 0) is 29.6 Å². The van der Waals surface area contributed by atoms with Crippen LogP contribution in [0.2, 0.25) is 0 Å². The monoisotopic (exact) mass is 370 g/mol. The number of carbonyl (C=O) groups is 2. The lowest BCUT2D eigenvalue weighted by molar-refractivity contribution is -0.222. The average molecular weight is 370 g/mol. The molecule has 0 atom stereocenters. The van der Waals surface area contributed by atoms with Gasteiger partial charge in [-0.2, -0.15) is 0 Å². The molecule has 0 saturated carbocycles. The number of nitrogens with one attached hydrogen (secondary N) is 1. The molecule has 3 aromatic rings. The van der Waals surface area contributed by atoms with E-state index in [4.69, 9.17) is 13.9 Å². The van der Waals surface area contributed by atoms with Crippen LogP contribution in [-0.2, 0) is 19.1 Å². The van der Waals surface area contributed by atoms with E-state index in [1.54, 1.807) is 29.5 Å². The Morgan fingerprint density at radius 2 is 1.92 bits per heavy atom. The molecule has 3 heterocycles. The van der Waals surface area contributed by atoms with Crippen LogP contribution in [0.3, 0.4) is 0 Å². The fourth-order valence-electron chi connectivity index (χ4n) is 2.46. The predicted molar refractivity (Wildman–Crippen MR) is 95.3 cm³/mol. The Bertz CT molecular complexity index is 1010. The summed E-state index contributed by atoms with van der Waals surface area (Å²) in [6, 6.07) is 9.14. The van der Waals surface area contributed by atoms with Gasteiger partial charge in [-0.15, -0.1) is 11.3 Å². The minimum Gasteiger partial charge on any atom is -0.435 e. The molecule has 1 aliphatic heterocycles. The number of nitrogens with zero attached hydrogens (tertiary/aromatic N) is 1. The van der Waals surface area contributed by atoms with Gasteiger partial charge in [0.25, 0.3) is 5.79 Å². The number of ether oxygens (including phenoxy) is 2. The number of aromatic nitrogens is 1. The maximum Gasteiger partial charge on any atom is 0.350 e. The zero-order valence-corrected chi connectivity index (χ0v) is 14.8. The first-order chi connectivity index (χ1) is 12.4. The van der Waals surface area contributed by atoms with Crippen molar-refractivity contribution >= 4 is 40.1 Å². The van der Waals surface area contributed by atoms with E-state index in [0.717, 1.165) is 4.88 Å². The Morgan fingerprint density at radius 1 is 1.15 bits per heavy atom. The lowest BCUT2D eigenvalue weighted by atomic mass is 10.2. The SMILES string of the molecule is CC1(C)OC(=O)C(=CNc2ccc3oc(-c4cccs4)nc3c2)C(=O)O1. The molecule has 0 spiro atoms. The van der Waals surface area contributed by atoms with E-state index in [1.165, 1.54) is 20.0 Å². The predicted octanol–water partition coefficient (Wildman–Crippen LogP) is 3.69. The van der Waals surface area contributed by atoms with Crippen molar-refractivity contribution in [2.45, 2.75) is 19.6 Å². The first kappa shape index (κ1) is 16.3. The summed E-state index contributed by atoms with van der Waals surface area (Å²) in [5, 5.41) is 4.85. The number of oxazole rings is 1. The van der Waals surface area contributed by atoms with Gasteiger partial charge in [0.1, 0.15) is 5.52 Å². The Morgan fingerprint density at radius 3 is 2.62 bits per heavy atom. The molecule has 26 heavy (non-hydrogen) atoms. The van der Waals surface area contributed by atoms with E-state index in [0.29, 0.717) is 22.7 Å². The number of cyclic esters (lactones) is 2. The van der Waals surface area contributed by atoms with Gasteiger partial charge in [-0.1, -0.05) is 6.07 Å². The van der Waals surface area contributed by atoms with Gasteiger partial charge in [-0.3, -0.25) is 0 Å². The van der Waals surface area contributed by atoms with Crippen LogP contribution in [-0.4, -0.2) is 22.7 Å². The molecule has 0 aliphatic carbocycles. The summed E-state index contributed by atoms with van der Waals surface area (Å²) in [4.78, 5) is 29.3. The number of hydrogen-bond acceptors (Lipinski definition) is 8. The van der Waals surface area contributed by atoms with Crippen molar-refractivity contribution in [3.8, 4) is 10.8 Å². The number of carbonyl (C=O) groups excluding carboxylic acids is 2. The summed E-state index contributed by atoms with van der Waals surface area (Å²) in [6.07, 6.45) is 1.27. The molecule has 8 heteroatoms. The summed E-state index contributed by atoms with van der Waals surface area (Å²) < 4.78 is 15.8. The Hall–Kier alpha value is -3.13. The Kier molecular flexibility index (Phi) is 3.77. The molecule has 1 aromatic carbocycles. The summed E-state index contributed by atoms with van der Waals surface area (Å²) >= 11 is 1.54. The van der Waals surface area contributed by atoms with Crippen LogP contribution in [0.5, 0.6) is 0 Å². The normalized spacial score (nSPS) is 16.3. The van der Waals surface area contributed by atoms with Gasteiger partial charge < -0.3 is 19.2 Å². The summed E-state index contributed by atoms with van der Waals surface area (Å²) in [5.41, 5.74) is 1.74. The first-order valence-corrected chi connectivity index (χ1v) is 8.67. The largest absolute Gasteiger partial charge is 0.435 e. The van der Waals surface area contributed by atoms with E-state index in [2.05, 4.69) is 10.3 Å². The third kappa shape index (κ3) is 3.06. The zero-order chi connectivity index (χ0) is 18.3. The fraction of sp³-hybridized carbons (Fsp3) is 0.167. The third-order valence-electron chi connectivity index (χ3n) is 3.62. The highest BCUT2D eigenvalue weighted by Crippen LogP contribution is 2.29.